The zero-order valence-electron chi connectivity index (χ0n) is 15.0. The molecule has 2 aromatic rings. The van der Waals surface area contributed by atoms with Gasteiger partial charge in [0.2, 0.25) is 0 Å². The number of rotatable bonds is 6. The Kier molecular flexibility index (Phi) is 6.37. The molecule has 9 nitrogen and oxygen atoms in total. The third-order valence-corrected chi connectivity index (χ3v) is 5.39. The lowest BCUT2D eigenvalue weighted by atomic mass is 10.1. The van der Waals surface area contributed by atoms with Crippen LogP contribution in [0.2, 0.25) is 0 Å². The maximum absolute atomic E-state index is 12.7. The summed E-state index contributed by atoms with van der Waals surface area (Å²) in [5, 5.41) is 10.3. The highest BCUT2D eigenvalue weighted by Gasteiger charge is 2.31. The number of benzene rings is 2. The number of hydrogen-bond donors (Lipinski definition) is 3. The number of ether oxygens (including phenoxy) is 1. The van der Waals surface area contributed by atoms with Gasteiger partial charge in [-0.05, 0) is 24.3 Å². The Hall–Kier alpha value is -2.79. The summed E-state index contributed by atoms with van der Waals surface area (Å²) < 4.78 is 20.1. The number of methoxy groups -OCH3 is 1. The molecule has 0 aromatic heterocycles. The van der Waals surface area contributed by atoms with Crippen molar-refractivity contribution in [2.75, 3.05) is 25.7 Å². The summed E-state index contributed by atoms with van der Waals surface area (Å²) in [5.74, 6) is -1.11. The van der Waals surface area contributed by atoms with Crippen LogP contribution in [0.25, 0.3) is 0 Å². The lowest BCUT2D eigenvalue weighted by Crippen LogP contribution is -2.37. The van der Waals surface area contributed by atoms with E-state index in [0.717, 1.165) is 5.06 Å². The zero-order chi connectivity index (χ0) is 20.1. The summed E-state index contributed by atoms with van der Waals surface area (Å²) >= 11 is 0. The van der Waals surface area contributed by atoms with Gasteiger partial charge in [0.25, 0.3) is 5.91 Å². The van der Waals surface area contributed by atoms with Gasteiger partial charge < -0.3 is 4.74 Å². The molecule has 1 amide bonds. The van der Waals surface area contributed by atoms with Gasteiger partial charge in [-0.15, -0.1) is 0 Å². The molecule has 0 aliphatic carbocycles. The Morgan fingerprint density at radius 1 is 1.18 bits per heavy atom. The smallest absolute Gasteiger partial charge is 0.338 e. The van der Waals surface area contributed by atoms with Crippen molar-refractivity contribution in [1.82, 2.24) is 9.79 Å². The average Bonchev–Trinajstić information content (AvgIpc) is 3.20. The van der Waals surface area contributed by atoms with Crippen LogP contribution in [0.3, 0.4) is 0 Å². The van der Waals surface area contributed by atoms with Crippen LogP contribution in [0.5, 0.6) is 0 Å². The normalized spacial score (nSPS) is 17.2. The molecule has 3 N–H and O–H groups in total. The Morgan fingerprint density at radius 3 is 2.57 bits per heavy atom. The number of esters is 1. The number of anilines is 1. The largest absolute Gasteiger partial charge is 0.465 e. The highest BCUT2D eigenvalue weighted by Crippen LogP contribution is 2.20. The van der Waals surface area contributed by atoms with Gasteiger partial charge in [-0.1, -0.05) is 24.3 Å². The highest BCUT2D eigenvalue weighted by atomic mass is 32.2. The fraction of sp³-hybridized carbons (Fsp3) is 0.222. The number of para-hydroxylation sites is 1. The van der Waals surface area contributed by atoms with Gasteiger partial charge >= 0.3 is 5.97 Å². The molecular weight excluding hydrogens is 386 g/mol. The maximum atomic E-state index is 12.7. The lowest BCUT2D eigenvalue weighted by Gasteiger charge is -2.16. The molecule has 10 heteroatoms. The summed E-state index contributed by atoms with van der Waals surface area (Å²) in [4.78, 5) is 30.4. The molecule has 2 unspecified atom stereocenters. The minimum Gasteiger partial charge on any atom is -0.465 e. The van der Waals surface area contributed by atoms with Gasteiger partial charge in [-0.3, -0.25) is 20.3 Å². The van der Waals surface area contributed by atoms with Crippen LogP contribution in [0.1, 0.15) is 20.7 Å². The third-order valence-electron chi connectivity index (χ3n) is 4.09. The predicted molar refractivity (Wildman–Crippen MR) is 100.0 cm³/mol. The molecule has 2 atom stereocenters. The van der Waals surface area contributed by atoms with Gasteiger partial charge in [0, 0.05) is 0 Å². The van der Waals surface area contributed by atoms with Crippen LogP contribution in [0.15, 0.2) is 53.4 Å². The van der Waals surface area contributed by atoms with Gasteiger partial charge in [0.05, 0.1) is 48.0 Å². The topological polar surface area (TPSA) is 117 Å². The molecule has 28 heavy (non-hydrogen) atoms. The van der Waals surface area contributed by atoms with Crippen molar-refractivity contribution >= 4 is 28.5 Å². The fourth-order valence-electron chi connectivity index (χ4n) is 2.73. The molecule has 1 aliphatic heterocycles. The second-order valence-electron chi connectivity index (χ2n) is 5.89. The number of hydroxylamine groups is 2. The van der Waals surface area contributed by atoms with Gasteiger partial charge in [0.1, 0.15) is 11.0 Å². The van der Waals surface area contributed by atoms with E-state index in [1.54, 1.807) is 36.4 Å². The van der Waals surface area contributed by atoms with E-state index in [4.69, 9.17) is 14.8 Å². The summed E-state index contributed by atoms with van der Waals surface area (Å²) in [6, 6.07) is 12.5. The first kappa shape index (κ1) is 20.0. The second kappa shape index (κ2) is 8.93. The van der Waals surface area contributed by atoms with Crippen molar-refractivity contribution in [3.63, 3.8) is 0 Å². The van der Waals surface area contributed by atoms with Crippen molar-refractivity contribution in [1.29, 1.82) is 0 Å². The average molecular weight is 405 g/mol. The van der Waals surface area contributed by atoms with Crippen molar-refractivity contribution < 1.29 is 28.6 Å². The van der Waals surface area contributed by atoms with E-state index < -0.39 is 28.9 Å². The van der Waals surface area contributed by atoms with E-state index in [-0.39, 0.29) is 24.3 Å². The van der Waals surface area contributed by atoms with Crippen molar-refractivity contribution in [3.05, 3.63) is 59.7 Å². The molecule has 1 heterocycles. The van der Waals surface area contributed by atoms with E-state index in [9.17, 15) is 13.8 Å². The molecular formula is C18H19N3O6S. The minimum absolute atomic E-state index is 0.118. The van der Waals surface area contributed by atoms with Crippen molar-refractivity contribution in [2.45, 2.75) is 10.9 Å². The Bertz CT molecular complexity index is 906. The van der Waals surface area contributed by atoms with Crippen LogP contribution < -0.4 is 10.2 Å². The third kappa shape index (κ3) is 4.20. The molecule has 148 valence electrons. The van der Waals surface area contributed by atoms with E-state index in [2.05, 4.69) is 4.72 Å². The van der Waals surface area contributed by atoms with Gasteiger partial charge in [0.15, 0.2) is 0 Å². The van der Waals surface area contributed by atoms with Crippen LogP contribution in [-0.4, -0.2) is 52.7 Å². The Labute approximate surface area is 163 Å². The minimum atomic E-state index is -1.64. The molecule has 0 bridgehead atoms. The van der Waals surface area contributed by atoms with Crippen LogP contribution in [-0.2, 0) is 20.6 Å². The summed E-state index contributed by atoms with van der Waals surface area (Å²) in [5.41, 5.74) is 2.61. The number of carbonyl (C=O) groups is 2. The van der Waals surface area contributed by atoms with Crippen LogP contribution >= 0.6 is 0 Å². The Morgan fingerprint density at radius 2 is 1.86 bits per heavy atom. The zero-order valence-corrected chi connectivity index (χ0v) is 15.8. The molecule has 1 fully saturated rings. The highest BCUT2D eigenvalue weighted by molar-refractivity contribution is 7.83. The first-order chi connectivity index (χ1) is 13.5. The summed E-state index contributed by atoms with van der Waals surface area (Å²) in [7, 11) is -0.395. The molecule has 0 saturated carbocycles. The first-order valence-electron chi connectivity index (χ1n) is 8.34. The van der Waals surface area contributed by atoms with E-state index in [1.165, 1.54) is 19.2 Å². The molecule has 3 rings (SSSR count). The second-order valence-corrected chi connectivity index (χ2v) is 7.10. The van der Waals surface area contributed by atoms with Crippen molar-refractivity contribution in [2.24, 2.45) is 0 Å². The molecule has 1 saturated heterocycles. The molecule has 0 radical (unpaired) electrons. The Balaban J connectivity index is 1.68. The quantitative estimate of drug-likeness (QED) is 0.490. The maximum Gasteiger partial charge on any atom is 0.338 e. The van der Waals surface area contributed by atoms with E-state index >= 15 is 0 Å². The predicted octanol–water partition coefficient (Wildman–Crippen LogP) is 1.34. The molecule has 0 spiro atoms. The number of hydrogen-bond acceptors (Lipinski definition) is 7. The lowest BCUT2D eigenvalue weighted by molar-refractivity contribution is -0.0770. The number of nitrogens with one attached hydrogen (secondary N) is 2. The van der Waals surface area contributed by atoms with Crippen LogP contribution in [0, 0.1) is 0 Å². The number of amides is 1. The monoisotopic (exact) mass is 405 g/mol. The van der Waals surface area contributed by atoms with Gasteiger partial charge in [-0.2, -0.15) is 0 Å². The number of nitrogens with zero attached hydrogens (tertiary/aromatic N) is 1. The molecule has 1 aliphatic rings. The first-order valence-corrected chi connectivity index (χ1v) is 9.49. The van der Waals surface area contributed by atoms with Crippen LogP contribution in [0.4, 0.5) is 5.69 Å². The fourth-order valence-corrected chi connectivity index (χ4v) is 3.81. The summed E-state index contributed by atoms with van der Waals surface area (Å²) in [6.07, 6.45) is 0. The van der Waals surface area contributed by atoms with E-state index in [1.807, 2.05) is 5.48 Å². The van der Waals surface area contributed by atoms with Gasteiger partial charge in [-0.25, -0.2) is 18.8 Å². The van der Waals surface area contributed by atoms with E-state index in [0.29, 0.717) is 10.6 Å². The van der Waals surface area contributed by atoms with Crippen molar-refractivity contribution in [3.8, 4) is 0 Å². The number of carbonyl (C=O) groups excluding carboxylic acids is 2. The summed E-state index contributed by atoms with van der Waals surface area (Å²) in [6.45, 7) is 0.251. The standard InChI is InChI=1S/C18H19N3O6S/c1-26-18(23)14-7-3-2-6-13(14)17(22)21-10-12(11-27-21)20-28(25)16-9-5-4-8-15(16)19-24/h2-9,12,19-20,24H,10-11H2,1H3. The molecule has 2 aromatic carbocycles. The SMILES string of the molecule is COC(=O)c1ccccc1C(=O)N1CC(NS(=O)c2ccccc2NO)CO1.